The number of carbonyl (C=O) groups is 1. The van der Waals surface area contributed by atoms with Gasteiger partial charge < -0.3 is 10.2 Å². The third-order valence-electron chi connectivity index (χ3n) is 4.56. The monoisotopic (exact) mass is 405 g/mol. The minimum atomic E-state index is -0.0609. The lowest BCUT2D eigenvalue weighted by molar-refractivity contribution is -0.113. The number of thiocarbonyl (C=S) groups is 1. The summed E-state index contributed by atoms with van der Waals surface area (Å²) in [5.74, 6) is 0.265. The van der Waals surface area contributed by atoms with Crippen molar-refractivity contribution >= 4 is 50.7 Å². The maximum absolute atomic E-state index is 12.2. The molecular weight excluding hydrogens is 382 g/mol. The van der Waals surface area contributed by atoms with Crippen molar-refractivity contribution in [2.45, 2.75) is 33.6 Å². The molecule has 2 aromatic rings. The van der Waals surface area contributed by atoms with Gasteiger partial charge in [-0.25, -0.2) is 4.98 Å². The predicted octanol–water partition coefficient (Wildman–Crippen LogP) is 4.79. The first-order chi connectivity index (χ1) is 12.4. The first kappa shape index (κ1) is 19.3. The summed E-state index contributed by atoms with van der Waals surface area (Å²) >= 11 is 8.29. The molecule has 3 rings (SSSR count). The van der Waals surface area contributed by atoms with Gasteiger partial charge in [-0.05, 0) is 56.4 Å². The van der Waals surface area contributed by atoms with Crippen LogP contribution >= 0.6 is 35.3 Å². The molecule has 1 fully saturated rings. The lowest BCUT2D eigenvalue weighted by atomic mass is 9.99. The molecule has 1 aromatic carbocycles. The largest absolute Gasteiger partial charge is 0.358 e. The molecule has 26 heavy (non-hydrogen) atoms. The molecule has 138 valence electrons. The molecule has 0 radical (unpaired) electrons. The van der Waals surface area contributed by atoms with E-state index in [4.69, 9.17) is 12.2 Å². The molecule has 1 amide bonds. The second-order valence-corrected chi connectivity index (χ2v) is 9.05. The van der Waals surface area contributed by atoms with Crippen molar-refractivity contribution in [3.8, 4) is 11.3 Å². The Morgan fingerprint density at radius 3 is 2.65 bits per heavy atom. The van der Waals surface area contributed by atoms with Crippen LogP contribution in [-0.2, 0) is 4.79 Å². The van der Waals surface area contributed by atoms with Crippen molar-refractivity contribution in [1.29, 1.82) is 0 Å². The van der Waals surface area contributed by atoms with Gasteiger partial charge in [0.25, 0.3) is 0 Å². The number of nitrogens with one attached hydrogen (secondary N) is 1. The molecule has 0 spiro atoms. The highest BCUT2D eigenvalue weighted by atomic mass is 32.2. The highest BCUT2D eigenvalue weighted by Gasteiger charge is 2.17. The lowest BCUT2D eigenvalue weighted by Gasteiger charge is -2.17. The lowest BCUT2D eigenvalue weighted by Crippen LogP contribution is -2.25. The molecule has 0 aliphatic carbocycles. The number of nitrogens with zero attached hydrogens (tertiary/aromatic N) is 2. The number of anilines is 1. The molecule has 0 bridgehead atoms. The molecule has 0 saturated carbocycles. The van der Waals surface area contributed by atoms with Crippen LogP contribution in [0.3, 0.4) is 0 Å². The summed E-state index contributed by atoms with van der Waals surface area (Å²) in [6, 6.07) is 4.34. The zero-order chi connectivity index (χ0) is 18.7. The van der Waals surface area contributed by atoms with Gasteiger partial charge in [0.15, 0.2) is 5.13 Å². The average Bonchev–Trinajstić information content (AvgIpc) is 3.28. The highest BCUT2D eigenvalue weighted by molar-refractivity contribution is 8.23. The summed E-state index contributed by atoms with van der Waals surface area (Å²) in [6.45, 7) is 8.34. The van der Waals surface area contributed by atoms with Crippen molar-refractivity contribution in [2.24, 2.45) is 0 Å². The van der Waals surface area contributed by atoms with Crippen LogP contribution in [0.4, 0.5) is 5.13 Å². The molecular formula is C19H23N3OS3. The Morgan fingerprint density at radius 1 is 1.23 bits per heavy atom. The van der Waals surface area contributed by atoms with Crippen LogP contribution in [0.5, 0.6) is 0 Å². The van der Waals surface area contributed by atoms with Gasteiger partial charge in [0.1, 0.15) is 4.32 Å². The quantitative estimate of drug-likeness (QED) is 0.741. The van der Waals surface area contributed by atoms with E-state index in [0.717, 1.165) is 28.7 Å². The number of hydrogen-bond acceptors (Lipinski definition) is 5. The minimum absolute atomic E-state index is 0.0609. The number of amides is 1. The first-order valence-electron chi connectivity index (χ1n) is 8.69. The second-order valence-electron chi connectivity index (χ2n) is 6.59. The fourth-order valence-electron chi connectivity index (χ4n) is 2.96. The van der Waals surface area contributed by atoms with Crippen LogP contribution in [-0.4, -0.2) is 39.0 Å². The van der Waals surface area contributed by atoms with Gasteiger partial charge in [-0.2, -0.15) is 0 Å². The fourth-order valence-corrected chi connectivity index (χ4v) is 4.74. The van der Waals surface area contributed by atoms with E-state index >= 15 is 0 Å². The van der Waals surface area contributed by atoms with Crippen molar-refractivity contribution in [2.75, 3.05) is 24.2 Å². The standard InChI is InChI=1S/C19H23N3OS3/c1-12-8-14(3)15(9-13(12)2)16-10-25-18(20-16)21-17(23)11-26-19(24)22-6-4-5-7-22/h8-10H,4-7,11H2,1-3H3,(H,20,21,23). The molecule has 4 nitrogen and oxygen atoms in total. The smallest absolute Gasteiger partial charge is 0.236 e. The van der Waals surface area contributed by atoms with E-state index < -0.39 is 0 Å². The molecule has 1 aliphatic heterocycles. The van der Waals surface area contributed by atoms with Crippen LogP contribution in [0.25, 0.3) is 11.3 Å². The topological polar surface area (TPSA) is 45.2 Å². The summed E-state index contributed by atoms with van der Waals surface area (Å²) in [4.78, 5) is 19.0. The number of benzene rings is 1. The van der Waals surface area contributed by atoms with Gasteiger partial charge in [0, 0.05) is 24.0 Å². The molecule has 0 unspecified atom stereocenters. The summed E-state index contributed by atoms with van der Waals surface area (Å²) in [5.41, 5.74) is 5.75. The number of rotatable bonds is 4. The Bertz CT molecular complexity index is 825. The Kier molecular flexibility index (Phi) is 6.32. The number of thioether (sulfide) groups is 1. The Balaban J connectivity index is 1.59. The molecule has 1 saturated heterocycles. The van der Waals surface area contributed by atoms with Crippen molar-refractivity contribution in [1.82, 2.24) is 9.88 Å². The first-order valence-corrected chi connectivity index (χ1v) is 11.0. The van der Waals surface area contributed by atoms with Crippen LogP contribution in [0, 0.1) is 20.8 Å². The van der Waals surface area contributed by atoms with E-state index in [1.165, 1.54) is 52.6 Å². The van der Waals surface area contributed by atoms with Crippen molar-refractivity contribution < 1.29 is 4.79 Å². The molecule has 1 aliphatic rings. The summed E-state index contributed by atoms with van der Waals surface area (Å²) in [7, 11) is 0. The normalized spacial score (nSPS) is 13.9. The number of aryl methyl sites for hydroxylation is 3. The third kappa shape index (κ3) is 4.64. The molecule has 1 N–H and O–H groups in total. The minimum Gasteiger partial charge on any atom is -0.358 e. The van der Waals surface area contributed by atoms with Crippen molar-refractivity contribution in [3.63, 3.8) is 0 Å². The van der Waals surface area contributed by atoms with Gasteiger partial charge >= 0.3 is 0 Å². The SMILES string of the molecule is Cc1cc(C)c(-c2csc(NC(=O)CSC(=S)N3CCCC3)n2)cc1C. The van der Waals surface area contributed by atoms with E-state index in [9.17, 15) is 4.79 Å². The Morgan fingerprint density at radius 2 is 1.92 bits per heavy atom. The fraction of sp³-hybridized carbons (Fsp3) is 0.421. The summed E-state index contributed by atoms with van der Waals surface area (Å²) < 4.78 is 0.822. The van der Waals surface area contributed by atoms with Gasteiger partial charge in [-0.3, -0.25) is 4.79 Å². The molecule has 7 heteroatoms. The van der Waals surface area contributed by atoms with E-state index in [1.807, 2.05) is 5.38 Å². The summed E-state index contributed by atoms with van der Waals surface area (Å²) in [5, 5.41) is 5.52. The Labute approximate surface area is 168 Å². The number of carbonyl (C=O) groups excluding carboxylic acids is 1. The number of hydrogen-bond donors (Lipinski definition) is 1. The van der Waals surface area contributed by atoms with Crippen LogP contribution in [0.15, 0.2) is 17.5 Å². The molecule has 0 atom stereocenters. The number of aromatic nitrogens is 1. The third-order valence-corrected chi connectivity index (χ3v) is 6.84. The Hall–Kier alpha value is -1.44. The number of thiazole rings is 1. The van der Waals surface area contributed by atoms with E-state index in [0.29, 0.717) is 10.9 Å². The maximum Gasteiger partial charge on any atom is 0.236 e. The van der Waals surface area contributed by atoms with E-state index in [1.54, 1.807) is 0 Å². The van der Waals surface area contributed by atoms with Crippen LogP contribution in [0.2, 0.25) is 0 Å². The van der Waals surface area contributed by atoms with Gasteiger partial charge in [0.2, 0.25) is 5.91 Å². The number of likely N-dealkylation sites (tertiary alicyclic amines) is 1. The molecule has 1 aromatic heterocycles. The van der Waals surface area contributed by atoms with E-state index in [2.05, 4.69) is 48.1 Å². The van der Waals surface area contributed by atoms with E-state index in [-0.39, 0.29) is 5.91 Å². The highest BCUT2D eigenvalue weighted by Crippen LogP contribution is 2.29. The van der Waals surface area contributed by atoms with Gasteiger partial charge in [-0.1, -0.05) is 30.0 Å². The van der Waals surface area contributed by atoms with Gasteiger partial charge in [0.05, 0.1) is 11.4 Å². The maximum atomic E-state index is 12.2. The van der Waals surface area contributed by atoms with Crippen molar-refractivity contribution in [3.05, 3.63) is 34.2 Å². The summed E-state index contributed by atoms with van der Waals surface area (Å²) in [6.07, 6.45) is 2.37. The van der Waals surface area contributed by atoms with Crippen LogP contribution in [0.1, 0.15) is 29.5 Å². The zero-order valence-electron chi connectivity index (χ0n) is 15.3. The van der Waals surface area contributed by atoms with Gasteiger partial charge in [-0.15, -0.1) is 11.3 Å². The zero-order valence-corrected chi connectivity index (χ0v) is 17.7. The molecule has 2 heterocycles. The second kappa shape index (κ2) is 8.50. The van der Waals surface area contributed by atoms with Crippen LogP contribution < -0.4 is 5.32 Å². The predicted molar refractivity (Wildman–Crippen MR) is 116 cm³/mol. The average molecular weight is 406 g/mol.